The Hall–Kier alpha value is -0.430. The summed E-state index contributed by atoms with van der Waals surface area (Å²) < 4.78 is 6.06. The molecule has 2 rings (SSSR count). The molecule has 0 fully saturated rings. The molecule has 1 heterocycles. The van der Waals surface area contributed by atoms with Gasteiger partial charge in [0.2, 0.25) is 0 Å². The second kappa shape index (κ2) is 5.77. The standard InChI is InChI=1S/C10H10BrN3S2/c1-12-5-7-4-8(11)2-3-9(7)15-10-13-6-14-16-10/h2-4,6,12H,5H2,1H3. The summed E-state index contributed by atoms with van der Waals surface area (Å²) in [6.07, 6.45) is 1.59. The van der Waals surface area contributed by atoms with Gasteiger partial charge in [0.1, 0.15) is 6.33 Å². The van der Waals surface area contributed by atoms with E-state index in [-0.39, 0.29) is 0 Å². The van der Waals surface area contributed by atoms with E-state index in [1.807, 2.05) is 13.1 Å². The maximum Gasteiger partial charge on any atom is 0.174 e. The Labute approximate surface area is 111 Å². The van der Waals surface area contributed by atoms with Crippen LogP contribution < -0.4 is 5.32 Å². The van der Waals surface area contributed by atoms with Crippen LogP contribution in [-0.2, 0) is 6.54 Å². The van der Waals surface area contributed by atoms with E-state index in [4.69, 9.17) is 0 Å². The highest BCUT2D eigenvalue weighted by molar-refractivity contribution is 9.10. The van der Waals surface area contributed by atoms with Gasteiger partial charge in [0.25, 0.3) is 0 Å². The molecule has 3 nitrogen and oxygen atoms in total. The molecule has 0 amide bonds. The average Bonchev–Trinajstić information content (AvgIpc) is 2.75. The molecular formula is C10H10BrN3S2. The van der Waals surface area contributed by atoms with Gasteiger partial charge in [0, 0.05) is 15.9 Å². The molecule has 0 bridgehead atoms. The summed E-state index contributed by atoms with van der Waals surface area (Å²) in [5.74, 6) is 0. The monoisotopic (exact) mass is 315 g/mol. The van der Waals surface area contributed by atoms with E-state index in [9.17, 15) is 0 Å². The lowest BCUT2D eigenvalue weighted by atomic mass is 10.2. The zero-order chi connectivity index (χ0) is 11.4. The van der Waals surface area contributed by atoms with Gasteiger partial charge < -0.3 is 5.32 Å². The smallest absolute Gasteiger partial charge is 0.174 e. The average molecular weight is 316 g/mol. The fourth-order valence-electron chi connectivity index (χ4n) is 1.28. The van der Waals surface area contributed by atoms with Crippen molar-refractivity contribution in [1.29, 1.82) is 0 Å². The first-order valence-electron chi connectivity index (χ1n) is 4.67. The van der Waals surface area contributed by atoms with Gasteiger partial charge >= 0.3 is 0 Å². The van der Waals surface area contributed by atoms with Crippen LogP contribution in [0.15, 0.2) is 38.2 Å². The van der Waals surface area contributed by atoms with Crippen molar-refractivity contribution in [3.05, 3.63) is 34.6 Å². The number of nitrogens with zero attached hydrogens (tertiary/aromatic N) is 2. The summed E-state index contributed by atoms with van der Waals surface area (Å²) in [5.41, 5.74) is 1.26. The van der Waals surface area contributed by atoms with Crippen LogP contribution in [-0.4, -0.2) is 16.4 Å². The number of halogens is 1. The second-order valence-electron chi connectivity index (χ2n) is 3.09. The molecule has 16 heavy (non-hydrogen) atoms. The summed E-state index contributed by atoms with van der Waals surface area (Å²) in [4.78, 5) is 5.39. The Morgan fingerprint density at radius 1 is 1.50 bits per heavy atom. The first-order chi connectivity index (χ1) is 7.79. The summed E-state index contributed by atoms with van der Waals surface area (Å²) in [5, 5.41) is 3.16. The zero-order valence-electron chi connectivity index (χ0n) is 8.61. The maximum absolute atomic E-state index is 4.17. The van der Waals surface area contributed by atoms with Crippen molar-refractivity contribution in [3.8, 4) is 0 Å². The van der Waals surface area contributed by atoms with Crippen LogP contribution in [0.4, 0.5) is 0 Å². The molecule has 2 aromatic rings. The van der Waals surface area contributed by atoms with Crippen LogP contribution in [0.25, 0.3) is 0 Å². The van der Waals surface area contributed by atoms with Crippen LogP contribution in [0.1, 0.15) is 5.56 Å². The largest absolute Gasteiger partial charge is 0.316 e. The zero-order valence-corrected chi connectivity index (χ0v) is 11.8. The molecule has 0 atom stereocenters. The van der Waals surface area contributed by atoms with Crippen LogP contribution in [0.3, 0.4) is 0 Å². The maximum atomic E-state index is 4.17. The summed E-state index contributed by atoms with van der Waals surface area (Å²) in [7, 11) is 1.94. The topological polar surface area (TPSA) is 37.8 Å². The molecule has 0 saturated heterocycles. The van der Waals surface area contributed by atoms with Crippen molar-refractivity contribution in [2.24, 2.45) is 0 Å². The first kappa shape index (κ1) is 12.0. The minimum absolute atomic E-state index is 0.848. The van der Waals surface area contributed by atoms with E-state index in [0.717, 1.165) is 15.4 Å². The predicted molar refractivity (Wildman–Crippen MR) is 70.9 cm³/mol. The molecule has 0 saturated carbocycles. The lowest BCUT2D eigenvalue weighted by Crippen LogP contribution is -2.06. The number of hydrogen-bond acceptors (Lipinski definition) is 5. The van der Waals surface area contributed by atoms with E-state index in [2.05, 4.69) is 42.7 Å². The fourth-order valence-corrected chi connectivity index (χ4v) is 3.20. The molecule has 0 aliphatic rings. The number of aromatic nitrogens is 2. The van der Waals surface area contributed by atoms with E-state index in [1.54, 1.807) is 18.1 Å². The van der Waals surface area contributed by atoms with Crippen molar-refractivity contribution in [2.45, 2.75) is 15.8 Å². The summed E-state index contributed by atoms with van der Waals surface area (Å²) in [6.45, 7) is 0.848. The fraction of sp³-hybridized carbons (Fsp3) is 0.200. The molecule has 0 unspecified atom stereocenters. The van der Waals surface area contributed by atoms with Crippen LogP contribution in [0.5, 0.6) is 0 Å². The van der Waals surface area contributed by atoms with Crippen molar-refractivity contribution in [3.63, 3.8) is 0 Å². The van der Waals surface area contributed by atoms with Gasteiger partial charge in [-0.1, -0.05) is 27.7 Å². The lowest BCUT2D eigenvalue weighted by Gasteiger charge is -2.07. The molecule has 0 radical (unpaired) electrons. The molecule has 1 N–H and O–H groups in total. The Kier molecular flexibility index (Phi) is 4.34. The Balaban J connectivity index is 2.25. The van der Waals surface area contributed by atoms with Crippen molar-refractivity contribution in [2.75, 3.05) is 7.05 Å². The number of rotatable bonds is 4. The quantitative estimate of drug-likeness (QED) is 0.940. The molecule has 84 valence electrons. The lowest BCUT2D eigenvalue weighted by molar-refractivity contribution is 0.802. The first-order valence-corrected chi connectivity index (χ1v) is 7.05. The normalized spacial score (nSPS) is 10.6. The molecule has 0 aliphatic carbocycles. The van der Waals surface area contributed by atoms with Gasteiger partial charge in [0.05, 0.1) is 0 Å². The highest BCUT2D eigenvalue weighted by atomic mass is 79.9. The highest BCUT2D eigenvalue weighted by Crippen LogP contribution is 2.32. The molecule has 0 spiro atoms. The van der Waals surface area contributed by atoms with Crippen LogP contribution in [0.2, 0.25) is 0 Å². The van der Waals surface area contributed by atoms with E-state index >= 15 is 0 Å². The van der Waals surface area contributed by atoms with Crippen molar-refractivity contribution < 1.29 is 0 Å². The molecule has 0 aliphatic heterocycles. The van der Waals surface area contributed by atoms with Gasteiger partial charge in [-0.3, -0.25) is 0 Å². The van der Waals surface area contributed by atoms with Crippen molar-refractivity contribution >= 4 is 39.2 Å². The Bertz CT molecular complexity index is 459. The summed E-state index contributed by atoms with van der Waals surface area (Å²) >= 11 is 6.55. The Morgan fingerprint density at radius 2 is 2.38 bits per heavy atom. The second-order valence-corrected chi connectivity index (χ2v) is 6.08. The molecular weight excluding hydrogens is 306 g/mol. The minimum Gasteiger partial charge on any atom is -0.316 e. The van der Waals surface area contributed by atoms with Crippen molar-refractivity contribution in [1.82, 2.24) is 14.7 Å². The third-order valence-electron chi connectivity index (χ3n) is 1.93. The molecule has 1 aromatic carbocycles. The van der Waals surface area contributed by atoms with Gasteiger partial charge in [-0.05, 0) is 42.3 Å². The van der Waals surface area contributed by atoms with Crippen LogP contribution in [0, 0.1) is 0 Å². The van der Waals surface area contributed by atoms with Crippen LogP contribution >= 0.6 is 39.2 Å². The molecule has 1 aromatic heterocycles. The minimum atomic E-state index is 0.848. The van der Waals surface area contributed by atoms with E-state index in [0.29, 0.717) is 0 Å². The third-order valence-corrected chi connectivity index (χ3v) is 4.25. The summed E-state index contributed by atoms with van der Waals surface area (Å²) in [6, 6.07) is 6.27. The number of nitrogens with one attached hydrogen (secondary N) is 1. The van der Waals surface area contributed by atoms with E-state index in [1.165, 1.54) is 22.0 Å². The van der Waals surface area contributed by atoms with Gasteiger partial charge in [-0.2, -0.15) is 4.37 Å². The Morgan fingerprint density at radius 3 is 3.06 bits per heavy atom. The number of hydrogen-bond donors (Lipinski definition) is 1. The van der Waals surface area contributed by atoms with Gasteiger partial charge in [-0.15, -0.1) is 0 Å². The van der Waals surface area contributed by atoms with Gasteiger partial charge in [-0.25, -0.2) is 4.98 Å². The number of benzene rings is 1. The van der Waals surface area contributed by atoms with E-state index < -0.39 is 0 Å². The SMILES string of the molecule is CNCc1cc(Br)ccc1Sc1ncns1. The predicted octanol–water partition coefficient (Wildman–Crippen LogP) is 3.17. The van der Waals surface area contributed by atoms with Gasteiger partial charge in [0.15, 0.2) is 4.34 Å². The third kappa shape index (κ3) is 3.04. The highest BCUT2D eigenvalue weighted by Gasteiger charge is 2.06. The molecule has 6 heteroatoms.